The maximum atomic E-state index is 12.6. The molecule has 5 atom stereocenters. The molecular weight excluding hydrogens is 541 g/mol. The third-order valence-corrected chi connectivity index (χ3v) is 7.64. The summed E-state index contributed by atoms with van der Waals surface area (Å²) < 4.78 is 35.6. The number of carbonyl (C=O) groups excluding carboxylic acids is 1. The van der Waals surface area contributed by atoms with Gasteiger partial charge in [0.25, 0.3) is 5.56 Å². The van der Waals surface area contributed by atoms with Gasteiger partial charge in [-0.15, -0.1) is 0 Å². The molecule has 1 aromatic rings. The first-order chi connectivity index (χ1) is 19.1. The second-order valence-electron chi connectivity index (χ2n) is 10.5. The van der Waals surface area contributed by atoms with Gasteiger partial charge in [0, 0.05) is 26.4 Å². The lowest BCUT2D eigenvalue weighted by Gasteiger charge is -2.31. The fraction of sp³-hybridized carbons (Fsp3) is 0.741. The topological polar surface area (TPSA) is 158 Å². The second-order valence-corrected chi connectivity index (χ2v) is 12.3. The summed E-state index contributed by atoms with van der Waals surface area (Å²) in [5, 5.41) is 2.73. The van der Waals surface area contributed by atoms with Crippen LogP contribution in [0.2, 0.25) is 0 Å². The van der Waals surface area contributed by atoms with Crippen molar-refractivity contribution in [3.63, 3.8) is 0 Å². The third-order valence-electron chi connectivity index (χ3n) is 7.02. The summed E-state index contributed by atoms with van der Waals surface area (Å²) in [7, 11) is -2.49. The highest BCUT2D eigenvalue weighted by molar-refractivity contribution is 7.51. The Bertz CT molecular complexity index is 1210. The number of methoxy groups -OCH3 is 1. The van der Waals surface area contributed by atoms with Gasteiger partial charge in [0.1, 0.15) is 23.4 Å². The van der Waals surface area contributed by atoms with Crippen LogP contribution in [0.15, 0.2) is 15.8 Å². The number of carbonyl (C=O) groups is 1. The number of amides is 1. The van der Waals surface area contributed by atoms with Crippen LogP contribution < -0.4 is 16.6 Å². The number of rotatable bonds is 16. The van der Waals surface area contributed by atoms with Gasteiger partial charge in [-0.2, -0.15) is 0 Å². The standard InChI is InChI=1S/C27H42N3O9P/c1-4-5-6-7-8-9-10-11-12-15-21(31)28-16-13-14-20-17-30(26(33)29-24(20)32)25-22-23(39-40(3,34)35)27(38-25,18-36-2)19-37-22/h17,22-23,25H,4-12,15-16,18-19H2,1-3H3,(H,28,31)(H,34,35)(H,29,32,33)/t22-,23?,25+,27-/m0/s1. The molecule has 3 heterocycles. The van der Waals surface area contributed by atoms with E-state index < -0.39 is 42.9 Å². The van der Waals surface area contributed by atoms with Gasteiger partial charge >= 0.3 is 13.3 Å². The smallest absolute Gasteiger partial charge is 0.330 e. The summed E-state index contributed by atoms with van der Waals surface area (Å²) in [4.78, 5) is 49.1. The lowest BCUT2D eigenvalue weighted by molar-refractivity contribution is -0.190. The lowest BCUT2D eigenvalue weighted by atomic mass is 10.0. The number of ether oxygens (including phenoxy) is 3. The largest absolute Gasteiger partial charge is 0.381 e. The zero-order valence-electron chi connectivity index (χ0n) is 23.6. The van der Waals surface area contributed by atoms with Gasteiger partial charge in [-0.25, -0.2) is 4.79 Å². The first kappa shape index (κ1) is 32.3. The number of hydrogen-bond donors (Lipinski definition) is 3. The van der Waals surface area contributed by atoms with Crippen LogP contribution in [0.4, 0.5) is 0 Å². The summed E-state index contributed by atoms with van der Waals surface area (Å²) in [5.74, 6) is 5.33. The van der Waals surface area contributed by atoms with E-state index in [1.54, 1.807) is 0 Å². The normalized spacial score (nSPS) is 24.9. The highest BCUT2D eigenvalue weighted by Crippen LogP contribution is 2.52. The van der Waals surface area contributed by atoms with Crippen molar-refractivity contribution >= 4 is 13.5 Å². The highest BCUT2D eigenvalue weighted by Gasteiger charge is 2.64. The van der Waals surface area contributed by atoms with Gasteiger partial charge in [-0.1, -0.05) is 70.1 Å². The number of hydrogen-bond acceptors (Lipinski definition) is 8. The summed E-state index contributed by atoms with van der Waals surface area (Å²) in [5.41, 5.74) is -2.67. The molecule has 3 N–H and O–H groups in total. The van der Waals surface area contributed by atoms with Crippen LogP contribution in [0.1, 0.15) is 82.9 Å². The minimum absolute atomic E-state index is 0.00578. The molecule has 2 bridgehead atoms. The van der Waals surface area contributed by atoms with Crippen molar-refractivity contribution in [1.29, 1.82) is 0 Å². The number of aromatic amines is 1. The molecule has 224 valence electrons. The predicted octanol–water partition coefficient (Wildman–Crippen LogP) is 2.44. The lowest BCUT2D eigenvalue weighted by Crippen LogP contribution is -2.46. The minimum Gasteiger partial charge on any atom is -0.381 e. The van der Waals surface area contributed by atoms with Gasteiger partial charge in [-0.3, -0.25) is 28.2 Å². The summed E-state index contributed by atoms with van der Waals surface area (Å²) in [6.07, 6.45) is 9.28. The number of nitrogens with zero attached hydrogens (tertiary/aromatic N) is 1. The van der Waals surface area contributed by atoms with Gasteiger partial charge < -0.3 is 24.4 Å². The number of fused-ring (bicyclic) bond motifs is 2. The van der Waals surface area contributed by atoms with E-state index in [-0.39, 0.29) is 31.2 Å². The highest BCUT2D eigenvalue weighted by atomic mass is 31.2. The number of nitrogens with one attached hydrogen (secondary N) is 2. The maximum Gasteiger partial charge on any atom is 0.330 e. The van der Waals surface area contributed by atoms with Crippen LogP contribution in [-0.2, 0) is 28.1 Å². The van der Waals surface area contributed by atoms with Crippen molar-refractivity contribution in [2.75, 3.05) is 33.5 Å². The Morgan fingerprint density at radius 3 is 2.55 bits per heavy atom. The maximum absolute atomic E-state index is 12.6. The molecule has 1 amide bonds. The Balaban J connectivity index is 1.55. The third kappa shape index (κ3) is 8.87. The van der Waals surface area contributed by atoms with E-state index in [9.17, 15) is 23.8 Å². The predicted molar refractivity (Wildman–Crippen MR) is 148 cm³/mol. The van der Waals surface area contributed by atoms with Crippen LogP contribution >= 0.6 is 7.60 Å². The molecule has 2 aliphatic heterocycles. The molecule has 0 aliphatic carbocycles. The molecule has 3 rings (SSSR count). The molecule has 2 fully saturated rings. The number of aromatic nitrogens is 2. The van der Waals surface area contributed by atoms with E-state index in [1.165, 1.54) is 51.8 Å². The molecule has 2 unspecified atom stereocenters. The van der Waals surface area contributed by atoms with Crippen molar-refractivity contribution in [3.8, 4) is 11.8 Å². The van der Waals surface area contributed by atoms with E-state index in [2.05, 4.69) is 29.1 Å². The SMILES string of the molecule is CCCCCCCCCCCC(=O)NCC#Cc1cn([C@@H]2O[C@@]3(COC)CO[C@H]2C3OP(C)(=O)O)c(=O)[nH]c1=O. The van der Waals surface area contributed by atoms with Gasteiger partial charge in [0.2, 0.25) is 5.91 Å². The zero-order valence-corrected chi connectivity index (χ0v) is 24.5. The Morgan fingerprint density at radius 2 is 1.90 bits per heavy atom. The number of unbranched alkanes of at least 4 members (excludes halogenated alkanes) is 8. The summed E-state index contributed by atoms with van der Waals surface area (Å²) in [6, 6.07) is 0. The van der Waals surface area contributed by atoms with Crippen LogP contribution in [-0.4, -0.2) is 71.7 Å². The second kappa shape index (κ2) is 15.1. The Labute approximate surface area is 234 Å². The van der Waals surface area contributed by atoms with Crippen molar-refractivity contribution in [1.82, 2.24) is 14.9 Å². The van der Waals surface area contributed by atoms with E-state index in [0.29, 0.717) is 6.42 Å². The fourth-order valence-corrected chi connectivity index (χ4v) is 5.79. The Hall–Kier alpha value is -2.26. The minimum atomic E-state index is -3.93. The average Bonchev–Trinajstić information content (AvgIpc) is 3.36. The molecular formula is C27H42N3O9P. The van der Waals surface area contributed by atoms with Crippen LogP contribution in [0.5, 0.6) is 0 Å². The van der Waals surface area contributed by atoms with Crippen molar-refractivity contribution in [3.05, 3.63) is 32.6 Å². The van der Waals surface area contributed by atoms with Gasteiger partial charge in [0.05, 0.1) is 19.8 Å². The quantitative estimate of drug-likeness (QED) is 0.151. The Morgan fingerprint density at radius 1 is 1.23 bits per heavy atom. The van der Waals surface area contributed by atoms with Gasteiger partial charge in [0.15, 0.2) is 6.23 Å². The van der Waals surface area contributed by atoms with Crippen LogP contribution in [0, 0.1) is 11.8 Å². The van der Waals surface area contributed by atoms with Crippen LogP contribution in [0.3, 0.4) is 0 Å². The number of H-pyrrole nitrogens is 1. The Kier molecular flexibility index (Phi) is 12.2. The fourth-order valence-electron chi connectivity index (χ4n) is 5.06. The first-order valence-corrected chi connectivity index (χ1v) is 16.0. The van der Waals surface area contributed by atoms with Crippen molar-refractivity contribution < 1.29 is 33.0 Å². The summed E-state index contributed by atoms with van der Waals surface area (Å²) in [6.45, 7) is 3.34. The van der Waals surface area contributed by atoms with E-state index in [4.69, 9.17) is 18.7 Å². The molecule has 40 heavy (non-hydrogen) atoms. The van der Waals surface area contributed by atoms with E-state index in [0.717, 1.165) is 30.5 Å². The molecule has 2 aliphatic rings. The zero-order chi connectivity index (χ0) is 29.2. The molecule has 2 saturated heterocycles. The molecule has 0 saturated carbocycles. The van der Waals surface area contributed by atoms with Crippen molar-refractivity contribution in [2.45, 2.75) is 95.2 Å². The van der Waals surface area contributed by atoms with E-state index in [1.807, 2.05) is 0 Å². The van der Waals surface area contributed by atoms with Crippen LogP contribution in [0.25, 0.3) is 0 Å². The van der Waals surface area contributed by atoms with E-state index >= 15 is 0 Å². The molecule has 0 aromatic carbocycles. The summed E-state index contributed by atoms with van der Waals surface area (Å²) >= 11 is 0. The first-order valence-electron chi connectivity index (χ1n) is 14.0. The molecule has 0 radical (unpaired) electrons. The average molecular weight is 584 g/mol. The molecule has 13 heteroatoms. The molecule has 0 spiro atoms. The van der Waals surface area contributed by atoms with Gasteiger partial charge in [-0.05, 0) is 6.42 Å². The monoisotopic (exact) mass is 583 g/mol. The van der Waals surface area contributed by atoms with Crippen molar-refractivity contribution in [2.24, 2.45) is 0 Å². The molecule has 12 nitrogen and oxygen atoms in total. The molecule has 1 aromatic heterocycles.